The van der Waals surface area contributed by atoms with Gasteiger partial charge in [0.1, 0.15) is 11.3 Å². The summed E-state index contributed by atoms with van der Waals surface area (Å²) in [4.78, 5) is 18.7. The Hall–Kier alpha value is -1.55. The van der Waals surface area contributed by atoms with E-state index in [1.54, 1.807) is 12.1 Å². The van der Waals surface area contributed by atoms with Gasteiger partial charge in [0.05, 0.1) is 18.2 Å². The number of aryl methyl sites for hydroxylation is 1. The fraction of sp³-hybridized carbons (Fsp3) is 0.200. The Labute approximate surface area is 91.2 Å². The molecule has 78 valence electrons. The van der Waals surface area contributed by atoms with Crippen molar-refractivity contribution in [2.24, 2.45) is 0 Å². The highest BCUT2D eigenvalue weighted by atomic mass is 35.5. The van der Waals surface area contributed by atoms with Gasteiger partial charge >= 0.3 is 5.97 Å². The summed E-state index contributed by atoms with van der Waals surface area (Å²) in [6.45, 7) is 1.81. The highest BCUT2D eigenvalue weighted by molar-refractivity contribution is 6.31. The van der Waals surface area contributed by atoms with Crippen molar-refractivity contribution in [1.29, 1.82) is 0 Å². The number of aromatic nitrogens is 2. The number of carbonyl (C=O) groups is 1. The number of rotatable bonds is 1. The molecular weight excluding hydrogens is 216 g/mol. The van der Waals surface area contributed by atoms with Crippen molar-refractivity contribution >= 4 is 28.6 Å². The Morgan fingerprint density at radius 3 is 2.93 bits per heavy atom. The van der Waals surface area contributed by atoms with E-state index in [0.29, 0.717) is 16.1 Å². The van der Waals surface area contributed by atoms with Crippen LogP contribution in [0.1, 0.15) is 16.2 Å². The van der Waals surface area contributed by atoms with Gasteiger partial charge in [0.25, 0.3) is 0 Å². The average molecular weight is 225 g/mol. The quantitative estimate of drug-likeness (QED) is 0.757. The molecule has 0 spiro atoms. The first-order valence-electron chi connectivity index (χ1n) is 4.36. The number of ether oxygens (including phenoxy) is 1. The molecule has 1 heterocycles. The number of carbonyl (C=O) groups excluding carboxylic acids is 1. The molecule has 0 aliphatic heterocycles. The lowest BCUT2D eigenvalue weighted by molar-refractivity contribution is 0.0603. The van der Waals surface area contributed by atoms with E-state index in [0.717, 1.165) is 11.3 Å². The number of halogens is 1. The normalized spacial score (nSPS) is 10.6. The van der Waals surface area contributed by atoms with Crippen molar-refractivity contribution in [3.8, 4) is 0 Å². The molecule has 0 fully saturated rings. The molecule has 0 atom stereocenters. The molecule has 5 heteroatoms. The first kappa shape index (κ1) is 9.98. The summed E-state index contributed by atoms with van der Waals surface area (Å²) in [5.74, 6) is 0.298. The molecule has 0 aliphatic rings. The summed E-state index contributed by atoms with van der Waals surface area (Å²) >= 11 is 5.88. The summed E-state index contributed by atoms with van der Waals surface area (Å²) in [5, 5.41) is 0.478. The first-order valence-corrected chi connectivity index (χ1v) is 4.74. The van der Waals surface area contributed by atoms with Crippen LogP contribution in [0, 0.1) is 6.92 Å². The lowest BCUT2D eigenvalue weighted by Gasteiger charge is -2.00. The van der Waals surface area contributed by atoms with Gasteiger partial charge in [0.2, 0.25) is 0 Å². The number of nitrogens with zero attached hydrogens (tertiary/aromatic N) is 1. The molecule has 1 aromatic carbocycles. The van der Waals surface area contributed by atoms with Gasteiger partial charge in [-0.25, -0.2) is 9.78 Å². The molecule has 0 aliphatic carbocycles. The maximum absolute atomic E-state index is 11.5. The number of nitrogens with one attached hydrogen (secondary N) is 1. The molecule has 0 bridgehead atoms. The van der Waals surface area contributed by atoms with E-state index in [1.807, 2.05) is 6.92 Å². The van der Waals surface area contributed by atoms with Crippen molar-refractivity contribution in [2.75, 3.05) is 7.11 Å². The average Bonchev–Trinajstić information content (AvgIpc) is 2.55. The number of hydrogen-bond acceptors (Lipinski definition) is 3. The number of aromatic amines is 1. The van der Waals surface area contributed by atoms with Crippen LogP contribution in [-0.4, -0.2) is 23.0 Å². The fourth-order valence-corrected chi connectivity index (χ4v) is 1.69. The van der Waals surface area contributed by atoms with Crippen LogP contribution in [0.15, 0.2) is 12.1 Å². The number of esters is 1. The highest BCUT2D eigenvalue weighted by Crippen LogP contribution is 2.22. The Kier molecular flexibility index (Phi) is 2.36. The van der Waals surface area contributed by atoms with Crippen LogP contribution in [0.25, 0.3) is 11.0 Å². The summed E-state index contributed by atoms with van der Waals surface area (Å²) in [6, 6.07) is 3.28. The van der Waals surface area contributed by atoms with Crippen LogP contribution in [0.3, 0.4) is 0 Å². The van der Waals surface area contributed by atoms with E-state index >= 15 is 0 Å². The Morgan fingerprint density at radius 1 is 1.53 bits per heavy atom. The van der Waals surface area contributed by atoms with Crippen molar-refractivity contribution in [1.82, 2.24) is 9.97 Å². The zero-order valence-corrected chi connectivity index (χ0v) is 9.05. The van der Waals surface area contributed by atoms with Crippen LogP contribution in [0.4, 0.5) is 0 Å². The lowest BCUT2D eigenvalue weighted by atomic mass is 10.2. The van der Waals surface area contributed by atoms with Gasteiger partial charge in [-0.05, 0) is 19.1 Å². The number of H-pyrrole nitrogens is 1. The van der Waals surface area contributed by atoms with Crippen molar-refractivity contribution < 1.29 is 9.53 Å². The van der Waals surface area contributed by atoms with E-state index in [4.69, 9.17) is 11.6 Å². The van der Waals surface area contributed by atoms with E-state index < -0.39 is 5.97 Å². The maximum atomic E-state index is 11.5. The lowest BCUT2D eigenvalue weighted by Crippen LogP contribution is -2.02. The minimum Gasteiger partial charge on any atom is -0.465 e. The molecule has 1 aromatic heterocycles. The second-order valence-electron chi connectivity index (χ2n) is 3.16. The minimum absolute atomic E-state index is 0.379. The van der Waals surface area contributed by atoms with E-state index in [1.165, 1.54) is 7.11 Å². The summed E-state index contributed by atoms with van der Waals surface area (Å²) in [7, 11) is 1.33. The number of fused-ring (bicyclic) bond motifs is 1. The molecule has 0 saturated carbocycles. The molecule has 0 radical (unpaired) electrons. The standard InChI is InChI=1S/C10H9ClN2O2/c1-5-12-8-4-6(11)3-7(9(8)13-5)10(14)15-2/h3-4H,1-2H3,(H,12,13). The summed E-state index contributed by atoms with van der Waals surface area (Å²) in [6.07, 6.45) is 0. The molecule has 15 heavy (non-hydrogen) atoms. The van der Waals surface area contributed by atoms with Gasteiger partial charge < -0.3 is 9.72 Å². The summed E-state index contributed by atoms with van der Waals surface area (Å²) < 4.78 is 4.66. The van der Waals surface area contributed by atoms with Crippen molar-refractivity contribution in [3.05, 3.63) is 28.5 Å². The SMILES string of the molecule is COC(=O)c1cc(Cl)cc2[nH]c(C)nc12. The van der Waals surface area contributed by atoms with Gasteiger partial charge in [0.15, 0.2) is 0 Å². The van der Waals surface area contributed by atoms with Crippen LogP contribution in [0.5, 0.6) is 0 Å². The summed E-state index contributed by atoms with van der Waals surface area (Å²) in [5.41, 5.74) is 1.70. The predicted molar refractivity (Wildman–Crippen MR) is 57.2 cm³/mol. The smallest absolute Gasteiger partial charge is 0.340 e. The molecule has 2 rings (SSSR count). The molecule has 2 aromatic rings. The molecular formula is C10H9ClN2O2. The van der Waals surface area contributed by atoms with Crippen LogP contribution < -0.4 is 0 Å². The van der Waals surface area contributed by atoms with Crippen LogP contribution in [-0.2, 0) is 4.74 Å². The fourth-order valence-electron chi connectivity index (χ4n) is 1.47. The highest BCUT2D eigenvalue weighted by Gasteiger charge is 2.14. The molecule has 0 saturated heterocycles. The van der Waals surface area contributed by atoms with Gasteiger partial charge in [-0.3, -0.25) is 0 Å². The number of benzene rings is 1. The van der Waals surface area contributed by atoms with E-state index in [-0.39, 0.29) is 0 Å². The number of methoxy groups -OCH3 is 1. The Bertz CT molecular complexity index is 533. The van der Waals surface area contributed by atoms with Gasteiger partial charge in [-0.2, -0.15) is 0 Å². The third-order valence-corrected chi connectivity index (χ3v) is 2.29. The second-order valence-corrected chi connectivity index (χ2v) is 3.60. The monoisotopic (exact) mass is 224 g/mol. The van der Waals surface area contributed by atoms with Crippen LogP contribution >= 0.6 is 11.6 Å². The zero-order chi connectivity index (χ0) is 11.0. The van der Waals surface area contributed by atoms with Gasteiger partial charge in [-0.1, -0.05) is 11.6 Å². The van der Waals surface area contributed by atoms with Crippen molar-refractivity contribution in [3.63, 3.8) is 0 Å². The third-order valence-electron chi connectivity index (χ3n) is 2.08. The molecule has 1 N–H and O–H groups in total. The predicted octanol–water partition coefficient (Wildman–Crippen LogP) is 2.31. The van der Waals surface area contributed by atoms with Crippen LogP contribution in [0.2, 0.25) is 5.02 Å². The largest absolute Gasteiger partial charge is 0.465 e. The first-order chi connectivity index (χ1) is 7.11. The maximum Gasteiger partial charge on any atom is 0.340 e. The van der Waals surface area contributed by atoms with Gasteiger partial charge in [-0.15, -0.1) is 0 Å². The second kappa shape index (κ2) is 3.55. The number of imidazole rings is 1. The minimum atomic E-state index is -0.436. The number of hydrogen-bond donors (Lipinski definition) is 1. The van der Waals surface area contributed by atoms with Crippen molar-refractivity contribution in [2.45, 2.75) is 6.92 Å². The molecule has 4 nitrogen and oxygen atoms in total. The van der Waals surface area contributed by atoms with E-state index in [2.05, 4.69) is 14.7 Å². The Balaban J connectivity index is 2.75. The Morgan fingerprint density at radius 2 is 2.27 bits per heavy atom. The third kappa shape index (κ3) is 1.68. The van der Waals surface area contributed by atoms with E-state index in [9.17, 15) is 4.79 Å². The molecule has 0 amide bonds. The van der Waals surface area contributed by atoms with Gasteiger partial charge in [0, 0.05) is 5.02 Å². The zero-order valence-electron chi connectivity index (χ0n) is 8.30. The topological polar surface area (TPSA) is 55.0 Å². The molecule has 0 unspecified atom stereocenters.